The normalized spacial score (nSPS) is 16.0. The average Bonchev–Trinajstić information content (AvgIpc) is 3.32. The molecule has 7 heteroatoms. The quantitative estimate of drug-likeness (QED) is 0.590. The number of nitrogens with zero attached hydrogens (tertiary/aromatic N) is 1. The van der Waals surface area contributed by atoms with Gasteiger partial charge < -0.3 is 19.5 Å². The minimum Gasteiger partial charge on any atom is -0.493 e. The van der Waals surface area contributed by atoms with Crippen LogP contribution in [0.1, 0.15) is 42.7 Å². The van der Waals surface area contributed by atoms with Crippen LogP contribution in [-0.4, -0.2) is 51.8 Å². The molecule has 2 aromatic rings. The molecule has 170 valence electrons. The summed E-state index contributed by atoms with van der Waals surface area (Å²) in [6.45, 7) is 5.14. The first kappa shape index (κ1) is 23.4. The molecule has 0 radical (unpaired) electrons. The van der Waals surface area contributed by atoms with Gasteiger partial charge in [0, 0.05) is 17.8 Å². The van der Waals surface area contributed by atoms with Gasteiger partial charge in [-0.3, -0.25) is 9.69 Å². The molecule has 0 saturated carbocycles. The Balaban J connectivity index is 1.58. The molecule has 3 rings (SSSR count). The maximum atomic E-state index is 12.6. The number of carbonyl (C=O) groups is 1. The first-order chi connectivity index (χ1) is 15.0. The number of benzene rings is 1. The third-order valence-corrected chi connectivity index (χ3v) is 6.96. The smallest absolute Gasteiger partial charge is 0.220 e. The summed E-state index contributed by atoms with van der Waals surface area (Å²) in [6.07, 6.45) is 3.45. The minimum absolute atomic E-state index is 0.0562. The topological polar surface area (TPSA) is 60.0 Å². The van der Waals surface area contributed by atoms with Crippen molar-refractivity contribution in [1.29, 1.82) is 0 Å². The van der Waals surface area contributed by atoms with Crippen LogP contribution in [0.3, 0.4) is 0 Å². The first-order valence-corrected chi connectivity index (χ1v) is 11.8. The SMILES string of the molecule is COc1cc(CCC(=O)NCC(c2cccs2)N2CCC(C)CC2)cc(OC)c1OC. The molecule has 1 unspecified atom stereocenters. The summed E-state index contributed by atoms with van der Waals surface area (Å²) < 4.78 is 16.2. The van der Waals surface area contributed by atoms with Crippen molar-refractivity contribution in [2.75, 3.05) is 41.0 Å². The number of carbonyl (C=O) groups excluding carboxylic acids is 1. The summed E-state index contributed by atoms with van der Waals surface area (Å²) in [6, 6.07) is 8.31. The highest BCUT2D eigenvalue weighted by Gasteiger charge is 2.25. The van der Waals surface area contributed by atoms with Crippen molar-refractivity contribution in [2.24, 2.45) is 5.92 Å². The van der Waals surface area contributed by atoms with Gasteiger partial charge in [-0.1, -0.05) is 13.0 Å². The number of aryl methyl sites for hydroxylation is 1. The number of methoxy groups -OCH3 is 3. The van der Waals surface area contributed by atoms with Gasteiger partial charge in [-0.25, -0.2) is 0 Å². The second-order valence-electron chi connectivity index (χ2n) is 8.09. The van der Waals surface area contributed by atoms with Gasteiger partial charge in [-0.05, 0) is 67.4 Å². The van der Waals surface area contributed by atoms with Crippen LogP contribution in [0.15, 0.2) is 29.6 Å². The number of rotatable bonds is 10. The predicted molar refractivity (Wildman–Crippen MR) is 124 cm³/mol. The lowest BCUT2D eigenvalue weighted by molar-refractivity contribution is -0.121. The van der Waals surface area contributed by atoms with Crippen molar-refractivity contribution in [1.82, 2.24) is 10.2 Å². The molecule has 1 aromatic heterocycles. The fraction of sp³-hybridized carbons (Fsp3) is 0.542. The lowest BCUT2D eigenvalue weighted by atomic mass is 9.97. The molecule has 1 fully saturated rings. The summed E-state index contributed by atoms with van der Waals surface area (Å²) >= 11 is 1.77. The highest BCUT2D eigenvalue weighted by Crippen LogP contribution is 2.38. The second-order valence-corrected chi connectivity index (χ2v) is 9.07. The van der Waals surface area contributed by atoms with Gasteiger partial charge in [0.1, 0.15) is 0 Å². The summed E-state index contributed by atoms with van der Waals surface area (Å²) in [4.78, 5) is 16.5. The molecule has 1 aliphatic rings. The lowest BCUT2D eigenvalue weighted by Crippen LogP contribution is -2.41. The summed E-state index contributed by atoms with van der Waals surface area (Å²) in [5.74, 6) is 2.62. The highest BCUT2D eigenvalue weighted by molar-refractivity contribution is 7.10. The number of likely N-dealkylation sites (tertiary alicyclic amines) is 1. The Kier molecular flexibility index (Phi) is 8.60. The van der Waals surface area contributed by atoms with Crippen molar-refractivity contribution >= 4 is 17.2 Å². The first-order valence-electron chi connectivity index (χ1n) is 10.9. The van der Waals surface area contributed by atoms with E-state index in [4.69, 9.17) is 14.2 Å². The van der Waals surface area contributed by atoms with Crippen molar-refractivity contribution in [3.8, 4) is 17.2 Å². The Hall–Kier alpha value is -2.25. The van der Waals surface area contributed by atoms with Gasteiger partial charge in [-0.15, -0.1) is 11.3 Å². The number of hydrogen-bond donors (Lipinski definition) is 1. The molecule has 31 heavy (non-hydrogen) atoms. The zero-order valence-electron chi connectivity index (χ0n) is 19.0. The molecule has 2 heterocycles. The van der Waals surface area contributed by atoms with Gasteiger partial charge >= 0.3 is 0 Å². The van der Waals surface area contributed by atoms with Crippen molar-refractivity contribution in [3.05, 3.63) is 40.1 Å². The zero-order chi connectivity index (χ0) is 22.2. The van der Waals surface area contributed by atoms with Crippen LogP contribution in [0.25, 0.3) is 0 Å². The zero-order valence-corrected chi connectivity index (χ0v) is 19.8. The molecule has 0 spiro atoms. The number of ether oxygens (including phenoxy) is 3. The van der Waals surface area contributed by atoms with E-state index in [1.54, 1.807) is 32.7 Å². The van der Waals surface area contributed by atoms with Crippen LogP contribution in [0, 0.1) is 5.92 Å². The van der Waals surface area contributed by atoms with Crippen LogP contribution in [0.2, 0.25) is 0 Å². The van der Waals surface area contributed by atoms with E-state index in [1.165, 1.54) is 17.7 Å². The largest absolute Gasteiger partial charge is 0.493 e. The molecule has 1 atom stereocenters. The fourth-order valence-electron chi connectivity index (χ4n) is 4.07. The molecular formula is C24H34N2O4S. The average molecular weight is 447 g/mol. The number of nitrogens with one attached hydrogen (secondary N) is 1. The summed E-state index contributed by atoms with van der Waals surface area (Å²) in [7, 11) is 4.78. The summed E-state index contributed by atoms with van der Waals surface area (Å²) in [5.41, 5.74) is 0.976. The number of thiophene rings is 1. The Bertz CT molecular complexity index is 807. The Labute approximate surface area is 189 Å². The van der Waals surface area contributed by atoms with Gasteiger partial charge in [0.15, 0.2) is 11.5 Å². The third-order valence-electron chi connectivity index (χ3n) is 5.99. The fourth-order valence-corrected chi connectivity index (χ4v) is 4.93. The number of piperidine rings is 1. The van der Waals surface area contributed by atoms with E-state index in [-0.39, 0.29) is 11.9 Å². The molecule has 1 aromatic carbocycles. The number of amides is 1. The molecule has 0 bridgehead atoms. The van der Waals surface area contributed by atoms with E-state index < -0.39 is 0 Å². The Morgan fingerprint density at radius 1 is 1.16 bits per heavy atom. The van der Waals surface area contributed by atoms with E-state index >= 15 is 0 Å². The molecule has 1 N–H and O–H groups in total. The van der Waals surface area contributed by atoms with Crippen LogP contribution in [0.5, 0.6) is 17.2 Å². The van der Waals surface area contributed by atoms with E-state index in [2.05, 4.69) is 34.7 Å². The standard InChI is InChI=1S/C24H34N2O4S/c1-17-9-11-26(12-10-17)19(22-6-5-13-31-22)16-25-23(27)8-7-18-14-20(28-2)24(30-4)21(15-18)29-3/h5-6,13-15,17,19H,7-12,16H2,1-4H3,(H,25,27). The van der Waals surface area contributed by atoms with Crippen LogP contribution < -0.4 is 19.5 Å². The molecule has 1 amide bonds. The number of hydrogen-bond acceptors (Lipinski definition) is 6. The van der Waals surface area contributed by atoms with Crippen LogP contribution >= 0.6 is 11.3 Å². The van der Waals surface area contributed by atoms with Crippen LogP contribution in [-0.2, 0) is 11.2 Å². The molecule has 1 aliphatic heterocycles. The minimum atomic E-state index is 0.0562. The van der Waals surface area contributed by atoms with E-state index in [0.717, 1.165) is 24.6 Å². The Morgan fingerprint density at radius 2 is 1.84 bits per heavy atom. The van der Waals surface area contributed by atoms with E-state index in [9.17, 15) is 4.79 Å². The lowest BCUT2D eigenvalue weighted by Gasteiger charge is -2.36. The van der Waals surface area contributed by atoms with E-state index in [0.29, 0.717) is 36.6 Å². The van der Waals surface area contributed by atoms with Crippen molar-refractivity contribution < 1.29 is 19.0 Å². The maximum Gasteiger partial charge on any atom is 0.220 e. The van der Waals surface area contributed by atoms with Gasteiger partial charge in [-0.2, -0.15) is 0 Å². The van der Waals surface area contributed by atoms with Crippen molar-refractivity contribution in [2.45, 2.75) is 38.6 Å². The predicted octanol–water partition coefficient (Wildman–Crippen LogP) is 4.30. The van der Waals surface area contributed by atoms with Gasteiger partial charge in [0.25, 0.3) is 0 Å². The maximum absolute atomic E-state index is 12.6. The molecule has 1 saturated heterocycles. The van der Waals surface area contributed by atoms with Gasteiger partial charge in [0.05, 0.1) is 27.4 Å². The summed E-state index contributed by atoms with van der Waals surface area (Å²) in [5, 5.41) is 5.28. The second kappa shape index (κ2) is 11.4. The molecule has 0 aliphatic carbocycles. The van der Waals surface area contributed by atoms with E-state index in [1.807, 2.05) is 12.1 Å². The highest BCUT2D eigenvalue weighted by atomic mass is 32.1. The monoisotopic (exact) mass is 446 g/mol. The third kappa shape index (κ3) is 6.14. The van der Waals surface area contributed by atoms with Crippen molar-refractivity contribution in [3.63, 3.8) is 0 Å². The molecule has 6 nitrogen and oxygen atoms in total. The molecular weight excluding hydrogens is 412 g/mol. The van der Waals surface area contributed by atoms with Gasteiger partial charge in [0.2, 0.25) is 11.7 Å². The van der Waals surface area contributed by atoms with Crippen LogP contribution in [0.4, 0.5) is 0 Å². The Morgan fingerprint density at radius 3 is 2.39 bits per heavy atom.